The van der Waals surface area contributed by atoms with Crippen molar-refractivity contribution in [3.05, 3.63) is 56.1 Å². The highest BCUT2D eigenvalue weighted by molar-refractivity contribution is 5.84. The zero-order chi connectivity index (χ0) is 15.7. The molecule has 0 saturated heterocycles. The van der Waals surface area contributed by atoms with Gasteiger partial charge in [-0.15, -0.1) is 0 Å². The molecule has 7 nitrogen and oxygen atoms in total. The summed E-state index contributed by atoms with van der Waals surface area (Å²) in [5.74, 6) is -2.11. The number of halogens is 1. The SMILES string of the molecule is CCn1c(=O)c(C(=O)O)nn(-c2ccc(C)c(F)c2)c1=O. The van der Waals surface area contributed by atoms with Gasteiger partial charge in [0.2, 0.25) is 5.69 Å². The van der Waals surface area contributed by atoms with Crippen LogP contribution in [-0.4, -0.2) is 25.4 Å². The Hall–Kier alpha value is -2.77. The van der Waals surface area contributed by atoms with Gasteiger partial charge in [0.1, 0.15) is 5.82 Å². The van der Waals surface area contributed by atoms with E-state index in [4.69, 9.17) is 5.11 Å². The summed E-state index contributed by atoms with van der Waals surface area (Å²) in [6.07, 6.45) is 0. The van der Waals surface area contributed by atoms with Crippen LogP contribution in [0.15, 0.2) is 27.8 Å². The average Bonchev–Trinajstić information content (AvgIpc) is 2.42. The third kappa shape index (κ3) is 2.47. The molecule has 0 bridgehead atoms. The van der Waals surface area contributed by atoms with E-state index in [0.717, 1.165) is 10.6 Å². The maximum absolute atomic E-state index is 13.6. The third-order valence-corrected chi connectivity index (χ3v) is 2.98. The minimum atomic E-state index is -1.55. The maximum atomic E-state index is 13.6. The molecule has 110 valence electrons. The first-order valence-electron chi connectivity index (χ1n) is 6.10. The number of carboxylic acids is 1. The van der Waals surface area contributed by atoms with Gasteiger partial charge in [0.05, 0.1) is 5.69 Å². The first kappa shape index (κ1) is 14.6. The van der Waals surface area contributed by atoms with E-state index in [0.29, 0.717) is 10.2 Å². The zero-order valence-corrected chi connectivity index (χ0v) is 11.3. The Morgan fingerprint density at radius 3 is 2.57 bits per heavy atom. The Morgan fingerprint density at radius 1 is 1.38 bits per heavy atom. The largest absolute Gasteiger partial charge is 0.476 e. The number of rotatable bonds is 3. The summed E-state index contributed by atoms with van der Waals surface area (Å²) in [7, 11) is 0. The van der Waals surface area contributed by atoms with Crippen LogP contribution in [0.5, 0.6) is 0 Å². The molecular weight excluding hydrogens is 281 g/mol. The summed E-state index contributed by atoms with van der Waals surface area (Å²) in [5, 5.41) is 12.5. The summed E-state index contributed by atoms with van der Waals surface area (Å²) in [4.78, 5) is 35.0. The normalized spacial score (nSPS) is 10.6. The van der Waals surface area contributed by atoms with Crippen molar-refractivity contribution in [2.45, 2.75) is 20.4 Å². The molecule has 0 spiro atoms. The van der Waals surface area contributed by atoms with Crippen LogP contribution in [0, 0.1) is 12.7 Å². The lowest BCUT2D eigenvalue weighted by atomic mass is 10.2. The van der Waals surface area contributed by atoms with Crippen molar-refractivity contribution >= 4 is 5.97 Å². The summed E-state index contributed by atoms with van der Waals surface area (Å²) in [6, 6.07) is 3.91. The van der Waals surface area contributed by atoms with Crippen molar-refractivity contribution in [3.8, 4) is 5.69 Å². The molecule has 0 amide bonds. The molecule has 0 radical (unpaired) electrons. The molecule has 0 saturated carbocycles. The van der Waals surface area contributed by atoms with Gasteiger partial charge in [-0.3, -0.25) is 9.36 Å². The molecule has 0 unspecified atom stereocenters. The van der Waals surface area contributed by atoms with E-state index in [1.807, 2.05) is 0 Å². The van der Waals surface area contributed by atoms with Crippen molar-refractivity contribution in [1.29, 1.82) is 0 Å². The van der Waals surface area contributed by atoms with Crippen LogP contribution in [0.25, 0.3) is 5.69 Å². The van der Waals surface area contributed by atoms with Crippen LogP contribution >= 0.6 is 0 Å². The van der Waals surface area contributed by atoms with Crippen LogP contribution in [0.3, 0.4) is 0 Å². The van der Waals surface area contributed by atoms with E-state index >= 15 is 0 Å². The fourth-order valence-corrected chi connectivity index (χ4v) is 1.81. The van der Waals surface area contributed by atoms with Gasteiger partial charge in [0.15, 0.2) is 0 Å². The van der Waals surface area contributed by atoms with E-state index < -0.39 is 28.7 Å². The number of hydrogen-bond donors (Lipinski definition) is 1. The summed E-state index contributed by atoms with van der Waals surface area (Å²) in [6.45, 7) is 3.05. The van der Waals surface area contributed by atoms with E-state index in [2.05, 4.69) is 5.10 Å². The van der Waals surface area contributed by atoms with Gasteiger partial charge in [-0.25, -0.2) is 14.0 Å². The van der Waals surface area contributed by atoms with Crippen LogP contribution in [0.1, 0.15) is 23.0 Å². The summed E-state index contributed by atoms with van der Waals surface area (Å²) < 4.78 is 15.0. The predicted octanol–water partition coefficient (Wildman–Crippen LogP) is 0.560. The molecule has 2 aromatic rings. The van der Waals surface area contributed by atoms with Crippen molar-refractivity contribution in [3.63, 3.8) is 0 Å². The minimum Gasteiger partial charge on any atom is -0.476 e. The molecule has 1 heterocycles. The van der Waals surface area contributed by atoms with Gasteiger partial charge in [-0.2, -0.15) is 9.78 Å². The Morgan fingerprint density at radius 2 is 2.05 bits per heavy atom. The van der Waals surface area contributed by atoms with Gasteiger partial charge in [0.25, 0.3) is 5.56 Å². The number of aromatic nitrogens is 3. The molecule has 21 heavy (non-hydrogen) atoms. The zero-order valence-electron chi connectivity index (χ0n) is 11.3. The minimum absolute atomic E-state index is 0.0190. The second kappa shape index (κ2) is 5.31. The Kier molecular flexibility index (Phi) is 3.70. The van der Waals surface area contributed by atoms with Crippen LogP contribution in [0.2, 0.25) is 0 Å². The first-order chi connectivity index (χ1) is 9.86. The summed E-state index contributed by atoms with van der Waals surface area (Å²) >= 11 is 0. The fourth-order valence-electron chi connectivity index (χ4n) is 1.81. The first-order valence-corrected chi connectivity index (χ1v) is 6.10. The molecule has 0 aliphatic carbocycles. The molecular formula is C13H12FN3O4. The van der Waals surface area contributed by atoms with Crippen molar-refractivity contribution in [1.82, 2.24) is 14.3 Å². The molecule has 1 N–H and O–H groups in total. The molecule has 1 aromatic heterocycles. The van der Waals surface area contributed by atoms with E-state index in [1.54, 1.807) is 6.92 Å². The molecule has 2 rings (SSSR count). The van der Waals surface area contributed by atoms with Crippen molar-refractivity contribution in [2.75, 3.05) is 0 Å². The molecule has 0 aliphatic rings. The smallest absolute Gasteiger partial charge is 0.362 e. The van der Waals surface area contributed by atoms with Gasteiger partial charge in [-0.1, -0.05) is 6.07 Å². The van der Waals surface area contributed by atoms with Gasteiger partial charge in [-0.05, 0) is 25.5 Å². The standard InChI is InChI=1S/C13H12FN3O4/c1-3-16-11(18)10(12(19)20)15-17(13(16)21)8-5-4-7(2)9(14)6-8/h4-6H,3H2,1-2H3,(H,19,20). The predicted molar refractivity (Wildman–Crippen MR) is 71.4 cm³/mol. The highest BCUT2D eigenvalue weighted by Gasteiger charge is 2.18. The molecule has 1 aromatic carbocycles. The van der Waals surface area contributed by atoms with Crippen LogP contribution < -0.4 is 11.2 Å². The van der Waals surface area contributed by atoms with Crippen molar-refractivity contribution in [2.24, 2.45) is 0 Å². The van der Waals surface area contributed by atoms with Crippen LogP contribution in [0.4, 0.5) is 4.39 Å². The highest BCUT2D eigenvalue weighted by Crippen LogP contribution is 2.11. The quantitative estimate of drug-likeness (QED) is 0.892. The fraction of sp³-hybridized carbons (Fsp3) is 0.231. The monoisotopic (exact) mass is 293 g/mol. The lowest BCUT2D eigenvalue weighted by Gasteiger charge is -2.09. The lowest BCUT2D eigenvalue weighted by molar-refractivity contribution is 0.0684. The molecule has 0 aliphatic heterocycles. The second-order valence-electron chi connectivity index (χ2n) is 4.33. The van der Waals surface area contributed by atoms with Crippen molar-refractivity contribution < 1.29 is 14.3 Å². The highest BCUT2D eigenvalue weighted by atomic mass is 19.1. The topological polar surface area (TPSA) is 94.2 Å². The van der Waals surface area contributed by atoms with Gasteiger partial charge in [0, 0.05) is 12.6 Å². The number of hydrogen-bond acceptors (Lipinski definition) is 4. The Bertz CT molecular complexity index is 838. The Labute approximate surface area is 117 Å². The molecule has 8 heteroatoms. The maximum Gasteiger partial charge on any atom is 0.362 e. The molecule has 0 fully saturated rings. The third-order valence-electron chi connectivity index (χ3n) is 2.98. The van der Waals surface area contributed by atoms with E-state index in [1.165, 1.54) is 19.1 Å². The molecule has 0 atom stereocenters. The number of aryl methyl sites for hydroxylation is 1. The second-order valence-corrected chi connectivity index (χ2v) is 4.33. The number of aromatic carboxylic acids is 1. The number of carbonyl (C=O) groups is 1. The Balaban J connectivity index is 2.83. The number of carboxylic acid groups (broad SMARTS) is 1. The number of nitrogens with zero attached hydrogens (tertiary/aromatic N) is 3. The summed E-state index contributed by atoms with van der Waals surface area (Å²) in [5.41, 5.74) is -2.19. The van der Waals surface area contributed by atoms with E-state index in [-0.39, 0.29) is 12.2 Å². The number of benzene rings is 1. The van der Waals surface area contributed by atoms with Gasteiger partial charge >= 0.3 is 11.7 Å². The van der Waals surface area contributed by atoms with Gasteiger partial charge < -0.3 is 5.11 Å². The van der Waals surface area contributed by atoms with E-state index in [9.17, 15) is 18.8 Å². The average molecular weight is 293 g/mol. The lowest BCUT2D eigenvalue weighted by Crippen LogP contribution is -2.43. The van der Waals surface area contributed by atoms with Crippen LogP contribution in [-0.2, 0) is 6.54 Å².